The van der Waals surface area contributed by atoms with Crippen LogP contribution < -0.4 is 0 Å². The van der Waals surface area contributed by atoms with E-state index in [1.807, 2.05) is 13.0 Å². The van der Waals surface area contributed by atoms with E-state index < -0.39 is 5.60 Å². The van der Waals surface area contributed by atoms with Crippen molar-refractivity contribution >= 4 is 23.2 Å². The quantitative estimate of drug-likeness (QED) is 0.746. The van der Waals surface area contributed by atoms with Crippen LogP contribution in [0, 0.1) is 0 Å². The molecule has 2 amide bonds. The number of nitrogens with zero attached hydrogens (tertiary/aromatic N) is 2. The standard InChI is InChI=1S/C22H28N2O3S/c1-4-6-20(25)24-12-13-27-22(16-24,21(26)23(2)3)15-17-8-10-18(11-9-17)19-7-5-14-28-19/h5,7-11,14H,4,6,12-13,15-16H2,1-3H3/t22-/m1/s1. The molecule has 1 atom stereocenters. The van der Waals surface area contributed by atoms with E-state index >= 15 is 0 Å². The number of rotatable bonds is 6. The van der Waals surface area contributed by atoms with Gasteiger partial charge in [-0.2, -0.15) is 0 Å². The molecule has 3 rings (SSSR count). The molecule has 5 nitrogen and oxygen atoms in total. The van der Waals surface area contributed by atoms with Gasteiger partial charge in [0.15, 0.2) is 5.60 Å². The van der Waals surface area contributed by atoms with E-state index in [9.17, 15) is 9.59 Å². The Labute approximate surface area is 170 Å². The lowest BCUT2D eigenvalue weighted by molar-refractivity contribution is -0.172. The second-order valence-electron chi connectivity index (χ2n) is 7.46. The molecule has 28 heavy (non-hydrogen) atoms. The van der Waals surface area contributed by atoms with Crippen LogP contribution in [-0.4, -0.2) is 61.0 Å². The molecule has 0 aliphatic carbocycles. The number of amides is 2. The highest BCUT2D eigenvalue weighted by atomic mass is 32.1. The molecular weight excluding hydrogens is 372 g/mol. The Kier molecular flexibility index (Phi) is 6.52. The zero-order chi connectivity index (χ0) is 20.1. The van der Waals surface area contributed by atoms with Crippen LogP contribution >= 0.6 is 11.3 Å². The van der Waals surface area contributed by atoms with Gasteiger partial charge in [0, 0.05) is 38.4 Å². The first-order chi connectivity index (χ1) is 13.4. The van der Waals surface area contributed by atoms with Crippen LogP contribution in [0.15, 0.2) is 41.8 Å². The molecule has 0 spiro atoms. The van der Waals surface area contributed by atoms with Crippen molar-refractivity contribution in [1.82, 2.24) is 9.80 Å². The first-order valence-electron chi connectivity index (χ1n) is 9.71. The highest BCUT2D eigenvalue weighted by Gasteiger charge is 2.45. The van der Waals surface area contributed by atoms with Gasteiger partial charge in [0.05, 0.1) is 13.2 Å². The summed E-state index contributed by atoms with van der Waals surface area (Å²) in [5, 5.41) is 2.06. The van der Waals surface area contributed by atoms with Crippen LogP contribution in [0.5, 0.6) is 0 Å². The number of carbonyl (C=O) groups is 2. The molecule has 2 heterocycles. The van der Waals surface area contributed by atoms with Gasteiger partial charge in [0.1, 0.15) is 0 Å². The Morgan fingerprint density at radius 2 is 1.96 bits per heavy atom. The van der Waals surface area contributed by atoms with Gasteiger partial charge in [0.25, 0.3) is 5.91 Å². The fourth-order valence-corrected chi connectivity index (χ4v) is 4.38. The molecule has 1 aliphatic rings. The fourth-order valence-electron chi connectivity index (χ4n) is 3.65. The Hall–Kier alpha value is -2.18. The minimum atomic E-state index is -1.03. The van der Waals surface area contributed by atoms with Gasteiger partial charge in [-0.3, -0.25) is 9.59 Å². The number of benzene rings is 1. The van der Waals surface area contributed by atoms with Crippen LogP contribution in [0.1, 0.15) is 25.3 Å². The molecule has 2 aromatic rings. The topological polar surface area (TPSA) is 49.9 Å². The molecule has 0 saturated carbocycles. The number of likely N-dealkylation sites (N-methyl/N-ethyl adjacent to an activating group) is 1. The minimum absolute atomic E-state index is 0.0924. The van der Waals surface area contributed by atoms with E-state index in [-0.39, 0.29) is 11.8 Å². The summed E-state index contributed by atoms with van der Waals surface area (Å²) in [7, 11) is 3.47. The molecule has 0 unspecified atom stereocenters. The number of ether oxygens (including phenoxy) is 1. The average molecular weight is 401 g/mol. The Morgan fingerprint density at radius 1 is 1.21 bits per heavy atom. The summed E-state index contributed by atoms with van der Waals surface area (Å²) >= 11 is 1.70. The highest BCUT2D eigenvalue weighted by molar-refractivity contribution is 7.13. The third-order valence-electron chi connectivity index (χ3n) is 5.05. The zero-order valence-electron chi connectivity index (χ0n) is 16.8. The van der Waals surface area contributed by atoms with E-state index in [0.29, 0.717) is 32.5 Å². The third-order valence-corrected chi connectivity index (χ3v) is 5.97. The van der Waals surface area contributed by atoms with Crippen molar-refractivity contribution in [3.8, 4) is 10.4 Å². The number of hydrogen-bond donors (Lipinski definition) is 0. The van der Waals surface area contributed by atoms with E-state index in [1.165, 1.54) is 4.88 Å². The summed E-state index contributed by atoms with van der Waals surface area (Å²) in [6, 6.07) is 12.4. The summed E-state index contributed by atoms with van der Waals surface area (Å²) in [5.41, 5.74) is 1.16. The lowest BCUT2D eigenvalue weighted by atomic mass is 9.90. The Morgan fingerprint density at radius 3 is 2.57 bits per heavy atom. The van der Waals surface area contributed by atoms with E-state index in [2.05, 4.69) is 35.7 Å². The molecule has 0 bridgehead atoms. The lowest BCUT2D eigenvalue weighted by Crippen LogP contribution is -2.61. The Bertz CT molecular complexity index is 802. The van der Waals surface area contributed by atoms with Gasteiger partial charge in [-0.05, 0) is 29.0 Å². The lowest BCUT2D eigenvalue weighted by Gasteiger charge is -2.43. The second kappa shape index (κ2) is 8.88. The normalized spacial score (nSPS) is 19.5. The molecule has 0 radical (unpaired) electrons. The van der Waals surface area contributed by atoms with Gasteiger partial charge >= 0.3 is 0 Å². The Balaban J connectivity index is 1.84. The van der Waals surface area contributed by atoms with Crippen molar-refractivity contribution in [3.05, 3.63) is 47.3 Å². The summed E-state index contributed by atoms with van der Waals surface area (Å²) in [5.74, 6) is -0.00129. The smallest absolute Gasteiger partial charge is 0.256 e. The van der Waals surface area contributed by atoms with Gasteiger partial charge in [-0.1, -0.05) is 37.3 Å². The molecule has 1 aromatic heterocycles. The van der Waals surface area contributed by atoms with E-state index in [0.717, 1.165) is 17.5 Å². The molecule has 1 aliphatic heterocycles. The molecule has 6 heteroatoms. The van der Waals surface area contributed by atoms with Crippen molar-refractivity contribution in [2.45, 2.75) is 31.8 Å². The van der Waals surface area contributed by atoms with Gasteiger partial charge in [0.2, 0.25) is 5.91 Å². The monoisotopic (exact) mass is 400 g/mol. The molecule has 0 N–H and O–H groups in total. The van der Waals surface area contributed by atoms with Crippen molar-refractivity contribution in [2.75, 3.05) is 33.8 Å². The summed E-state index contributed by atoms with van der Waals surface area (Å²) in [6.07, 6.45) is 1.75. The molecule has 1 saturated heterocycles. The first-order valence-corrected chi connectivity index (χ1v) is 10.6. The molecule has 1 aromatic carbocycles. The van der Waals surface area contributed by atoms with E-state index in [4.69, 9.17) is 4.74 Å². The second-order valence-corrected chi connectivity index (χ2v) is 8.41. The minimum Gasteiger partial charge on any atom is -0.361 e. The number of hydrogen-bond acceptors (Lipinski definition) is 4. The highest BCUT2D eigenvalue weighted by Crippen LogP contribution is 2.29. The number of carbonyl (C=O) groups excluding carboxylic acids is 2. The van der Waals surface area contributed by atoms with Crippen molar-refractivity contribution in [3.63, 3.8) is 0 Å². The largest absolute Gasteiger partial charge is 0.361 e. The fraction of sp³-hybridized carbons (Fsp3) is 0.455. The van der Waals surface area contributed by atoms with Crippen LogP contribution in [0.2, 0.25) is 0 Å². The molecule has 150 valence electrons. The maximum Gasteiger partial charge on any atom is 0.256 e. The maximum absolute atomic E-state index is 13.1. The summed E-state index contributed by atoms with van der Waals surface area (Å²) < 4.78 is 6.07. The summed E-state index contributed by atoms with van der Waals surface area (Å²) in [6.45, 7) is 3.21. The van der Waals surface area contributed by atoms with Crippen molar-refractivity contribution in [2.24, 2.45) is 0 Å². The van der Waals surface area contributed by atoms with Crippen LogP contribution in [0.3, 0.4) is 0 Å². The van der Waals surface area contributed by atoms with Crippen LogP contribution in [0.4, 0.5) is 0 Å². The van der Waals surface area contributed by atoms with Crippen molar-refractivity contribution in [1.29, 1.82) is 0 Å². The van der Waals surface area contributed by atoms with Crippen LogP contribution in [0.25, 0.3) is 10.4 Å². The average Bonchev–Trinajstić information content (AvgIpc) is 3.23. The predicted octanol–water partition coefficient (Wildman–Crippen LogP) is 3.44. The van der Waals surface area contributed by atoms with Gasteiger partial charge in [-0.25, -0.2) is 0 Å². The zero-order valence-corrected chi connectivity index (χ0v) is 17.6. The van der Waals surface area contributed by atoms with Gasteiger partial charge < -0.3 is 14.5 Å². The predicted molar refractivity (Wildman–Crippen MR) is 112 cm³/mol. The maximum atomic E-state index is 13.1. The molecular formula is C22H28N2O3S. The van der Waals surface area contributed by atoms with Crippen molar-refractivity contribution < 1.29 is 14.3 Å². The van der Waals surface area contributed by atoms with E-state index in [1.54, 1.807) is 35.2 Å². The first kappa shape index (κ1) is 20.6. The summed E-state index contributed by atoms with van der Waals surface area (Å²) in [4.78, 5) is 30.1. The number of thiophene rings is 1. The third kappa shape index (κ3) is 4.45. The van der Waals surface area contributed by atoms with Gasteiger partial charge in [-0.15, -0.1) is 11.3 Å². The molecule has 1 fully saturated rings. The SMILES string of the molecule is CCCC(=O)N1CCO[C@@](Cc2ccc(-c3cccs3)cc2)(C(=O)N(C)C)C1. The van der Waals surface area contributed by atoms with Crippen LogP contribution in [-0.2, 0) is 20.7 Å². The number of morpholine rings is 1.